The summed E-state index contributed by atoms with van der Waals surface area (Å²) in [5, 5.41) is 5.39. The first-order valence-electron chi connectivity index (χ1n) is 4.95. The van der Waals surface area contributed by atoms with E-state index < -0.39 is 0 Å². The predicted octanol–water partition coefficient (Wildman–Crippen LogP) is 3.23. The molecule has 0 atom stereocenters. The summed E-state index contributed by atoms with van der Waals surface area (Å²) < 4.78 is 0.947. The lowest BCUT2D eigenvalue weighted by atomic mass is 10.1. The van der Waals surface area contributed by atoms with Crippen molar-refractivity contribution in [1.82, 2.24) is 10.3 Å². The Balaban J connectivity index is 2.33. The molecule has 2 nitrogen and oxygen atoms in total. The molecule has 1 aromatic carbocycles. The number of hydrogen-bond donors (Lipinski definition) is 2. The topological polar surface area (TPSA) is 27.8 Å². The van der Waals surface area contributed by atoms with Crippen molar-refractivity contribution < 1.29 is 0 Å². The maximum absolute atomic E-state index is 6.11. The molecule has 0 saturated carbocycles. The van der Waals surface area contributed by atoms with E-state index in [4.69, 9.17) is 11.6 Å². The third-order valence-corrected chi connectivity index (χ3v) is 4.09. The van der Waals surface area contributed by atoms with Crippen LogP contribution >= 0.6 is 27.5 Å². The van der Waals surface area contributed by atoms with Crippen molar-refractivity contribution in [1.29, 1.82) is 0 Å². The number of nitrogens with one attached hydrogen (secondary N) is 2. The summed E-state index contributed by atoms with van der Waals surface area (Å²) in [6.45, 7) is 1.99. The van der Waals surface area contributed by atoms with E-state index in [-0.39, 0.29) is 0 Å². The highest BCUT2D eigenvalue weighted by Crippen LogP contribution is 2.32. The van der Waals surface area contributed by atoms with E-state index >= 15 is 0 Å². The Hall–Kier alpha value is -0.510. The van der Waals surface area contributed by atoms with Crippen molar-refractivity contribution in [2.45, 2.75) is 13.0 Å². The van der Waals surface area contributed by atoms with Crippen LogP contribution in [0.2, 0.25) is 5.02 Å². The lowest BCUT2D eigenvalue weighted by molar-refractivity contribution is 0.641. The van der Waals surface area contributed by atoms with Gasteiger partial charge in [-0.2, -0.15) is 0 Å². The van der Waals surface area contributed by atoms with Crippen LogP contribution in [0.3, 0.4) is 0 Å². The molecule has 0 saturated heterocycles. The normalized spacial score (nSPS) is 15.6. The van der Waals surface area contributed by atoms with Crippen molar-refractivity contribution in [3.05, 3.63) is 32.9 Å². The van der Waals surface area contributed by atoms with E-state index in [2.05, 4.69) is 32.3 Å². The van der Waals surface area contributed by atoms with Gasteiger partial charge in [0, 0.05) is 40.6 Å². The van der Waals surface area contributed by atoms with Crippen LogP contribution in [0, 0.1) is 0 Å². The Bertz CT molecular complexity index is 533. The van der Waals surface area contributed by atoms with Crippen LogP contribution in [0.1, 0.15) is 11.3 Å². The van der Waals surface area contributed by atoms with Crippen LogP contribution in [0.15, 0.2) is 16.6 Å². The smallest absolute Gasteiger partial charge is 0.0555 e. The summed E-state index contributed by atoms with van der Waals surface area (Å²) in [7, 11) is 0. The summed E-state index contributed by atoms with van der Waals surface area (Å²) in [5.41, 5.74) is 3.88. The Kier molecular flexibility index (Phi) is 2.27. The van der Waals surface area contributed by atoms with Crippen LogP contribution in [-0.4, -0.2) is 11.5 Å². The molecule has 2 aromatic rings. The van der Waals surface area contributed by atoms with Crippen LogP contribution < -0.4 is 5.32 Å². The predicted molar refractivity (Wildman–Crippen MR) is 66.4 cm³/mol. The molecule has 1 aromatic heterocycles. The van der Waals surface area contributed by atoms with E-state index in [1.165, 1.54) is 22.2 Å². The Morgan fingerprint density at radius 1 is 1.33 bits per heavy atom. The van der Waals surface area contributed by atoms with E-state index in [9.17, 15) is 0 Å². The molecule has 2 N–H and O–H groups in total. The van der Waals surface area contributed by atoms with Gasteiger partial charge in [0.25, 0.3) is 0 Å². The molecule has 2 heterocycles. The molecule has 0 radical (unpaired) electrons. The molecule has 0 bridgehead atoms. The highest BCUT2D eigenvalue weighted by molar-refractivity contribution is 9.10. The van der Waals surface area contributed by atoms with Crippen molar-refractivity contribution in [2.24, 2.45) is 0 Å². The number of rotatable bonds is 0. The second kappa shape index (κ2) is 3.51. The van der Waals surface area contributed by atoms with E-state index in [0.717, 1.165) is 29.0 Å². The fourth-order valence-electron chi connectivity index (χ4n) is 2.14. The fourth-order valence-corrected chi connectivity index (χ4v) is 2.65. The van der Waals surface area contributed by atoms with Crippen LogP contribution in [0.4, 0.5) is 0 Å². The lowest BCUT2D eigenvalue weighted by Gasteiger charge is -2.12. The minimum atomic E-state index is 0.773. The van der Waals surface area contributed by atoms with Crippen LogP contribution in [0.5, 0.6) is 0 Å². The standard InChI is InChI=1S/C11H10BrClN2/c12-8-4-11-6(3-9(8)13)7-5-14-2-1-10(7)15-11/h3-4,14-15H,1-2,5H2. The average molecular weight is 286 g/mol. The van der Waals surface area contributed by atoms with Crippen molar-refractivity contribution in [3.63, 3.8) is 0 Å². The molecule has 0 fully saturated rings. The Morgan fingerprint density at radius 2 is 2.20 bits per heavy atom. The SMILES string of the molecule is Clc1cc2c3c([nH]c2cc1Br)CCNC3. The first-order valence-corrected chi connectivity index (χ1v) is 6.12. The summed E-state index contributed by atoms with van der Waals surface area (Å²) in [4.78, 5) is 3.46. The van der Waals surface area contributed by atoms with Crippen molar-refractivity contribution >= 4 is 38.4 Å². The van der Waals surface area contributed by atoms with Gasteiger partial charge in [-0.05, 0) is 33.6 Å². The zero-order valence-electron chi connectivity index (χ0n) is 8.03. The fraction of sp³-hybridized carbons (Fsp3) is 0.273. The molecule has 15 heavy (non-hydrogen) atoms. The summed E-state index contributed by atoms with van der Waals surface area (Å²) >= 11 is 9.55. The average Bonchev–Trinajstić information content (AvgIpc) is 2.57. The molecule has 78 valence electrons. The molecule has 0 amide bonds. The van der Waals surface area contributed by atoms with Gasteiger partial charge in [-0.1, -0.05) is 11.6 Å². The van der Waals surface area contributed by atoms with Gasteiger partial charge in [0.05, 0.1) is 5.02 Å². The third kappa shape index (κ3) is 1.50. The highest BCUT2D eigenvalue weighted by atomic mass is 79.9. The molecule has 4 heteroatoms. The molecule has 1 aliphatic rings. The quantitative estimate of drug-likeness (QED) is 0.764. The molecular formula is C11H10BrClN2. The van der Waals surface area contributed by atoms with Gasteiger partial charge in [0.2, 0.25) is 0 Å². The van der Waals surface area contributed by atoms with Crippen molar-refractivity contribution in [2.75, 3.05) is 6.54 Å². The number of aromatic nitrogens is 1. The number of halogens is 2. The van der Waals surface area contributed by atoms with E-state index in [0.29, 0.717) is 0 Å². The number of fused-ring (bicyclic) bond motifs is 3. The third-order valence-electron chi connectivity index (χ3n) is 2.89. The maximum Gasteiger partial charge on any atom is 0.0555 e. The molecule has 0 aliphatic carbocycles. The maximum atomic E-state index is 6.11. The number of aromatic amines is 1. The van der Waals surface area contributed by atoms with Gasteiger partial charge in [0.15, 0.2) is 0 Å². The van der Waals surface area contributed by atoms with E-state index in [1.807, 2.05) is 6.07 Å². The van der Waals surface area contributed by atoms with Gasteiger partial charge in [-0.3, -0.25) is 0 Å². The largest absolute Gasteiger partial charge is 0.358 e. The van der Waals surface area contributed by atoms with Crippen molar-refractivity contribution in [3.8, 4) is 0 Å². The minimum absolute atomic E-state index is 0.773. The van der Waals surface area contributed by atoms with Crippen LogP contribution in [0.25, 0.3) is 10.9 Å². The van der Waals surface area contributed by atoms with Gasteiger partial charge in [-0.25, -0.2) is 0 Å². The van der Waals surface area contributed by atoms with Gasteiger partial charge >= 0.3 is 0 Å². The van der Waals surface area contributed by atoms with Gasteiger partial charge < -0.3 is 10.3 Å². The molecular weight excluding hydrogens is 275 g/mol. The zero-order valence-corrected chi connectivity index (χ0v) is 10.4. The second-order valence-electron chi connectivity index (χ2n) is 3.82. The number of H-pyrrole nitrogens is 1. The molecule has 0 unspecified atom stereocenters. The Labute approximate surface area is 101 Å². The zero-order chi connectivity index (χ0) is 10.4. The van der Waals surface area contributed by atoms with E-state index in [1.54, 1.807) is 0 Å². The van der Waals surface area contributed by atoms with Gasteiger partial charge in [0.1, 0.15) is 0 Å². The monoisotopic (exact) mass is 284 g/mol. The molecule has 0 spiro atoms. The lowest BCUT2D eigenvalue weighted by Crippen LogP contribution is -2.22. The summed E-state index contributed by atoms with van der Waals surface area (Å²) in [6, 6.07) is 4.08. The first-order chi connectivity index (χ1) is 7.25. The Morgan fingerprint density at radius 3 is 3.07 bits per heavy atom. The molecule has 1 aliphatic heterocycles. The molecule has 3 rings (SSSR count). The second-order valence-corrected chi connectivity index (χ2v) is 5.08. The highest BCUT2D eigenvalue weighted by Gasteiger charge is 2.15. The summed E-state index contributed by atoms with van der Waals surface area (Å²) in [5.74, 6) is 0. The van der Waals surface area contributed by atoms with Gasteiger partial charge in [-0.15, -0.1) is 0 Å². The number of benzene rings is 1. The first kappa shape index (κ1) is 9.70. The minimum Gasteiger partial charge on any atom is -0.358 e. The van der Waals surface area contributed by atoms with Crippen LogP contribution in [-0.2, 0) is 13.0 Å². The number of hydrogen-bond acceptors (Lipinski definition) is 1. The summed E-state index contributed by atoms with van der Waals surface area (Å²) in [6.07, 6.45) is 1.07.